The molecule has 34 heavy (non-hydrogen) atoms. The minimum absolute atomic E-state index is 0.0959. The molecule has 0 saturated carbocycles. The van der Waals surface area contributed by atoms with Crippen molar-refractivity contribution in [2.75, 3.05) is 0 Å². The first-order valence-corrected chi connectivity index (χ1v) is 12.3. The van der Waals surface area contributed by atoms with Crippen LogP contribution in [0.25, 0.3) is 33.8 Å². The molecule has 4 aromatic rings. The molecule has 0 aliphatic carbocycles. The number of rotatable bonds is 7. The third kappa shape index (κ3) is 3.56. The van der Waals surface area contributed by atoms with Gasteiger partial charge in [0.05, 0.1) is 17.4 Å². The number of pyridine rings is 2. The van der Waals surface area contributed by atoms with Crippen molar-refractivity contribution < 1.29 is 4.57 Å². The molecule has 1 aliphatic rings. The number of unbranched alkanes of at least 4 members (excludes halogenated alkanes) is 1. The van der Waals surface area contributed by atoms with Crippen LogP contribution in [0.15, 0.2) is 73.8 Å². The Morgan fingerprint density at radius 3 is 2.65 bits per heavy atom. The molecule has 0 unspecified atom stereocenters. The Labute approximate surface area is 201 Å². The lowest BCUT2D eigenvalue weighted by Crippen LogP contribution is -2.59. The van der Waals surface area contributed by atoms with Crippen LogP contribution in [0, 0.1) is 0 Å². The third-order valence-corrected chi connectivity index (χ3v) is 7.32. The molecule has 4 heterocycles. The monoisotopic (exact) mass is 450 g/mol. The minimum Gasteiger partial charge on any atom is -0.264 e. The van der Waals surface area contributed by atoms with E-state index >= 15 is 0 Å². The molecule has 1 aromatic carbocycles. The summed E-state index contributed by atoms with van der Waals surface area (Å²) >= 11 is 0. The summed E-state index contributed by atoms with van der Waals surface area (Å²) in [5.74, 6) is 0. The zero-order valence-corrected chi connectivity index (χ0v) is 20.3. The fourth-order valence-electron chi connectivity index (χ4n) is 5.27. The molecule has 0 radical (unpaired) electrons. The molecule has 1 aliphatic heterocycles. The Morgan fingerprint density at radius 1 is 1.00 bits per heavy atom. The molecule has 0 amide bonds. The molecule has 0 fully saturated rings. The van der Waals surface area contributed by atoms with Gasteiger partial charge < -0.3 is 0 Å². The van der Waals surface area contributed by atoms with E-state index in [2.05, 4.69) is 95.9 Å². The number of allylic oxidation sites excluding steroid dienone is 1. The summed E-state index contributed by atoms with van der Waals surface area (Å²) in [7, 11) is 0. The van der Waals surface area contributed by atoms with Crippen LogP contribution in [-0.2, 0) is 12.0 Å². The zero-order valence-electron chi connectivity index (χ0n) is 20.3. The summed E-state index contributed by atoms with van der Waals surface area (Å²) < 4.78 is 4.26. The van der Waals surface area contributed by atoms with E-state index in [9.17, 15) is 0 Å². The van der Waals surface area contributed by atoms with Crippen LogP contribution < -0.4 is 4.57 Å². The van der Waals surface area contributed by atoms with E-state index in [4.69, 9.17) is 0 Å². The summed E-state index contributed by atoms with van der Waals surface area (Å²) in [6.45, 7) is 11.3. The van der Waals surface area contributed by atoms with Gasteiger partial charge in [-0.2, -0.15) is 4.57 Å². The van der Waals surface area contributed by atoms with Crippen molar-refractivity contribution in [3.8, 4) is 28.2 Å². The average Bonchev–Trinajstić information content (AvgIpc) is 3.39. The van der Waals surface area contributed by atoms with Crippen LogP contribution >= 0.6 is 0 Å². The maximum atomic E-state index is 4.56. The van der Waals surface area contributed by atoms with Crippen molar-refractivity contribution in [2.45, 2.75) is 58.4 Å². The highest BCUT2D eigenvalue weighted by atomic mass is 15.4. The van der Waals surface area contributed by atoms with Gasteiger partial charge in [-0.15, -0.1) is 5.10 Å². The molecule has 0 N–H and O–H groups in total. The Balaban J connectivity index is 1.54. The van der Waals surface area contributed by atoms with Crippen LogP contribution in [0.3, 0.4) is 0 Å². The third-order valence-electron chi connectivity index (χ3n) is 7.32. The van der Waals surface area contributed by atoms with Crippen molar-refractivity contribution in [1.82, 2.24) is 20.0 Å². The standard InChI is InChI=1S/C29H32N5/c1-5-8-11-22-16-23(19-30-18-22)27-20-34(32-31-27)24-13-14-25-21(4)29(6-2,7-3)33-15-10-9-12-28(33)26(25)17-24/h9-10,12-20H,4-8,11H2,1-3H3/q+1. The van der Waals surface area contributed by atoms with Gasteiger partial charge >= 0.3 is 0 Å². The Kier molecular flexibility index (Phi) is 5.86. The van der Waals surface area contributed by atoms with Gasteiger partial charge in [0.1, 0.15) is 5.69 Å². The summed E-state index contributed by atoms with van der Waals surface area (Å²) in [6.07, 6.45) is 13.4. The number of nitrogens with zero attached hydrogens (tertiary/aromatic N) is 5. The average molecular weight is 451 g/mol. The molecule has 5 nitrogen and oxygen atoms in total. The molecular formula is C29H32N5+. The van der Waals surface area contributed by atoms with Crippen molar-refractivity contribution in [3.05, 3.63) is 85.0 Å². The summed E-state index contributed by atoms with van der Waals surface area (Å²) in [4.78, 5) is 4.43. The van der Waals surface area contributed by atoms with Crippen molar-refractivity contribution in [2.24, 2.45) is 0 Å². The number of aromatic nitrogens is 5. The van der Waals surface area contributed by atoms with Gasteiger partial charge in [-0.1, -0.05) is 45.1 Å². The Hall–Kier alpha value is -3.60. The molecule has 0 bridgehead atoms. The van der Waals surface area contributed by atoms with Gasteiger partial charge in [0.2, 0.25) is 5.69 Å². The van der Waals surface area contributed by atoms with Crippen molar-refractivity contribution in [1.29, 1.82) is 0 Å². The van der Waals surface area contributed by atoms with Crippen molar-refractivity contribution in [3.63, 3.8) is 0 Å². The van der Waals surface area contributed by atoms with E-state index in [0.717, 1.165) is 42.6 Å². The van der Waals surface area contributed by atoms with Crippen LogP contribution in [0.5, 0.6) is 0 Å². The highest BCUT2D eigenvalue weighted by molar-refractivity contribution is 5.84. The topological polar surface area (TPSA) is 47.5 Å². The normalized spacial score (nSPS) is 14.0. The predicted octanol–water partition coefficient (Wildman–Crippen LogP) is 6.17. The molecular weight excluding hydrogens is 418 g/mol. The van der Waals surface area contributed by atoms with E-state index in [1.807, 2.05) is 23.3 Å². The lowest BCUT2D eigenvalue weighted by Gasteiger charge is -2.34. The van der Waals surface area contributed by atoms with Gasteiger partial charge in [-0.25, -0.2) is 4.68 Å². The van der Waals surface area contributed by atoms with Gasteiger partial charge in [-0.05, 0) is 48.2 Å². The fourth-order valence-corrected chi connectivity index (χ4v) is 5.27. The second kappa shape index (κ2) is 8.98. The van der Waals surface area contributed by atoms with Crippen LogP contribution in [0.2, 0.25) is 0 Å². The first-order valence-electron chi connectivity index (χ1n) is 12.3. The van der Waals surface area contributed by atoms with Gasteiger partial charge in [0.15, 0.2) is 11.7 Å². The second-order valence-corrected chi connectivity index (χ2v) is 9.14. The molecule has 0 spiro atoms. The van der Waals surface area contributed by atoms with Crippen molar-refractivity contribution >= 4 is 5.57 Å². The SMILES string of the molecule is C=C1c2ccc(-n3cc(-c4cncc(CCCC)c4)nn3)cc2-c2cccc[n+]2C1(CC)CC. The van der Waals surface area contributed by atoms with E-state index in [-0.39, 0.29) is 5.54 Å². The van der Waals surface area contributed by atoms with E-state index < -0.39 is 0 Å². The number of fused-ring (bicyclic) bond motifs is 3. The number of hydrogen-bond acceptors (Lipinski definition) is 3. The number of hydrogen-bond donors (Lipinski definition) is 0. The first-order chi connectivity index (χ1) is 16.6. The molecule has 0 atom stereocenters. The second-order valence-electron chi connectivity index (χ2n) is 9.14. The van der Waals surface area contributed by atoms with Gasteiger partial charge in [-0.3, -0.25) is 4.98 Å². The van der Waals surface area contributed by atoms with Crippen LogP contribution in [-0.4, -0.2) is 20.0 Å². The highest BCUT2D eigenvalue weighted by Crippen LogP contribution is 2.43. The predicted molar refractivity (Wildman–Crippen MR) is 136 cm³/mol. The smallest absolute Gasteiger partial charge is 0.213 e. The number of benzene rings is 1. The molecule has 0 saturated heterocycles. The lowest BCUT2D eigenvalue weighted by atomic mass is 9.75. The first kappa shape index (κ1) is 22.2. The maximum Gasteiger partial charge on any atom is 0.213 e. The van der Waals surface area contributed by atoms with Crippen LogP contribution in [0.4, 0.5) is 0 Å². The van der Waals surface area contributed by atoms with E-state index in [1.165, 1.54) is 34.4 Å². The van der Waals surface area contributed by atoms with E-state index in [0.29, 0.717) is 0 Å². The highest BCUT2D eigenvalue weighted by Gasteiger charge is 2.46. The quantitative estimate of drug-likeness (QED) is 0.316. The molecule has 5 rings (SSSR count). The largest absolute Gasteiger partial charge is 0.264 e. The zero-order chi connectivity index (χ0) is 23.7. The van der Waals surface area contributed by atoms with Gasteiger partial charge in [0.25, 0.3) is 0 Å². The summed E-state index contributed by atoms with van der Waals surface area (Å²) in [6, 6.07) is 15.1. The summed E-state index contributed by atoms with van der Waals surface area (Å²) in [5.41, 5.74) is 8.75. The maximum absolute atomic E-state index is 4.56. The summed E-state index contributed by atoms with van der Waals surface area (Å²) in [5, 5.41) is 8.90. The fraction of sp³-hybridized carbons (Fsp3) is 0.310. The number of aryl methyl sites for hydroxylation is 1. The Bertz CT molecular complexity index is 1350. The lowest BCUT2D eigenvalue weighted by molar-refractivity contribution is -0.741. The minimum atomic E-state index is -0.0959. The molecule has 172 valence electrons. The Morgan fingerprint density at radius 2 is 1.85 bits per heavy atom. The van der Waals surface area contributed by atoms with Crippen LogP contribution in [0.1, 0.15) is 57.6 Å². The van der Waals surface area contributed by atoms with Gasteiger partial charge in [0, 0.05) is 48.5 Å². The molecule has 5 heteroatoms. The van der Waals surface area contributed by atoms with E-state index in [1.54, 1.807) is 0 Å². The molecule has 3 aromatic heterocycles.